The van der Waals surface area contributed by atoms with Crippen molar-refractivity contribution in [2.24, 2.45) is 22.7 Å². The van der Waals surface area contributed by atoms with Crippen molar-refractivity contribution in [1.29, 1.82) is 0 Å². The number of hydrazine groups is 1. The topological polar surface area (TPSA) is 50.4 Å². The summed E-state index contributed by atoms with van der Waals surface area (Å²) in [5.41, 5.74) is 2.71. The van der Waals surface area contributed by atoms with Gasteiger partial charge in [-0.3, -0.25) is 4.99 Å². The van der Waals surface area contributed by atoms with Gasteiger partial charge in [0.1, 0.15) is 5.84 Å². The van der Waals surface area contributed by atoms with Gasteiger partial charge in [-0.25, -0.2) is 5.84 Å². The minimum atomic E-state index is -0.0252. The first-order valence-corrected chi connectivity index (χ1v) is 5.04. The van der Waals surface area contributed by atoms with Crippen molar-refractivity contribution >= 4 is 5.84 Å². The third-order valence-corrected chi connectivity index (χ3v) is 2.40. The van der Waals surface area contributed by atoms with Crippen LogP contribution in [-0.4, -0.2) is 11.4 Å². The number of nitrogens with zero attached hydrogens (tertiary/aromatic N) is 1. The Kier molecular flexibility index (Phi) is 2.96. The summed E-state index contributed by atoms with van der Waals surface area (Å²) in [6.07, 6.45) is 2.48. The summed E-state index contributed by atoms with van der Waals surface area (Å²) in [5.74, 6) is 7.84. The number of hydrogen-bond acceptors (Lipinski definition) is 2. The Morgan fingerprint density at radius 2 is 2.15 bits per heavy atom. The van der Waals surface area contributed by atoms with Crippen LogP contribution in [0.2, 0.25) is 0 Å². The molecule has 2 atom stereocenters. The van der Waals surface area contributed by atoms with Crippen LogP contribution in [0.25, 0.3) is 0 Å². The maximum absolute atomic E-state index is 5.46. The van der Waals surface area contributed by atoms with Crippen LogP contribution < -0.4 is 11.3 Å². The quantitative estimate of drug-likeness (QED) is 0.296. The Morgan fingerprint density at radius 3 is 2.46 bits per heavy atom. The van der Waals surface area contributed by atoms with Crippen molar-refractivity contribution in [2.75, 3.05) is 0 Å². The van der Waals surface area contributed by atoms with Gasteiger partial charge in [0.15, 0.2) is 0 Å². The van der Waals surface area contributed by atoms with E-state index in [0.717, 1.165) is 11.8 Å². The molecule has 3 nitrogen and oxygen atoms in total. The van der Waals surface area contributed by atoms with Gasteiger partial charge in [0.05, 0.1) is 5.54 Å². The van der Waals surface area contributed by atoms with Crippen LogP contribution in [0.15, 0.2) is 4.99 Å². The van der Waals surface area contributed by atoms with Crippen LogP contribution in [0.3, 0.4) is 0 Å². The summed E-state index contributed by atoms with van der Waals surface area (Å²) in [4.78, 5) is 4.57. The summed E-state index contributed by atoms with van der Waals surface area (Å²) < 4.78 is 0. The molecule has 0 aromatic rings. The molecule has 1 aliphatic carbocycles. The lowest BCUT2D eigenvalue weighted by Gasteiger charge is -2.15. The zero-order chi connectivity index (χ0) is 10.1. The molecule has 1 fully saturated rings. The predicted octanol–water partition coefficient (Wildman–Crippen LogP) is 1.69. The largest absolute Gasteiger partial charge is 0.312 e. The smallest absolute Gasteiger partial charge is 0.114 e. The van der Waals surface area contributed by atoms with Crippen molar-refractivity contribution in [3.05, 3.63) is 0 Å². The van der Waals surface area contributed by atoms with Crippen LogP contribution in [0, 0.1) is 11.8 Å². The minimum Gasteiger partial charge on any atom is -0.312 e. The Balaban J connectivity index is 2.59. The average molecular weight is 183 g/mol. The fourth-order valence-electron chi connectivity index (χ4n) is 1.62. The lowest BCUT2D eigenvalue weighted by molar-refractivity contribution is 0.573. The van der Waals surface area contributed by atoms with Gasteiger partial charge in [0, 0.05) is 5.92 Å². The Bertz CT molecular complexity index is 203. The second kappa shape index (κ2) is 3.66. The van der Waals surface area contributed by atoms with Crippen molar-refractivity contribution < 1.29 is 0 Å². The maximum Gasteiger partial charge on any atom is 0.114 e. The van der Waals surface area contributed by atoms with Gasteiger partial charge in [0.25, 0.3) is 0 Å². The molecule has 0 radical (unpaired) electrons. The van der Waals surface area contributed by atoms with Gasteiger partial charge in [-0.05, 0) is 33.1 Å². The zero-order valence-corrected chi connectivity index (χ0v) is 9.09. The molecule has 0 aromatic carbocycles. The molecule has 3 heteroatoms. The molecular weight excluding hydrogens is 162 g/mol. The van der Waals surface area contributed by atoms with E-state index in [1.54, 1.807) is 0 Å². The fourth-order valence-corrected chi connectivity index (χ4v) is 1.62. The van der Waals surface area contributed by atoms with E-state index < -0.39 is 0 Å². The van der Waals surface area contributed by atoms with E-state index in [1.165, 1.54) is 12.8 Å². The van der Waals surface area contributed by atoms with Crippen LogP contribution in [0.1, 0.15) is 40.5 Å². The predicted molar refractivity (Wildman–Crippen MR) is 56.4 cm³/mol. The summed E-state index contributed by atoms with van der Waals surface area (Å²) >= 11 is 0. The summed E-state index contributed by atoms with van der Waals surface area (Å²) in [5, 5.41) is 0. The molecule has 0 aliphatic heterocycles. The second-order valence-electron chi connectivity index (χ2n) is 4.82. The Hall–Kier alpha value is -0.570. The third kappa shape index (κ3) is 2.99. The normalized spacial score (nSPS) is 28.8. The van der Waals surface area contributed by atoms with Crippen molar-refractivity contribution in [3.8, 4) is 0 Å². The number of hydrogen-bond donors (Lipinski definition) is 2. The number of rotatable bonds is 2. The first kappa shape index (κ1) is 10.5. The minimum absolute atomic E-state index is 0.0252. The molecule has 1 rings (SSSR count). The maximum atomic E-state index is 5.46. The fraction of sp³-hybridized carbons (Fsp3) is 0.900. The highest BCUT2D eigenvalue weighted by Crippen LogP contribution is 2.41. The molecular formula is C10H21N3. The lowest BCUT2D eigenvalue weighted by Crippen LogP contribution is -2.34. The van der Waals surface area contributed by atoms with Gasteiger partial charge >= 0.3 is 0 Å². The Labute approximate surface area is 80.8 Å². The first-order chi connectivity index (χ1) is 5.98. The SMILES string of the molecule is CC[C@@H]1C[C@H]1C(=NC(C)(C)C)NN. The molecule has 0 bridgehead atoms. The van der Waals surface area contributed by atoms with Gasteiger partial charge in [0.2, 0.25) is 0 Å². The molecule has 0 aromatic heterocycles. The lowest BCUT2D eigenvalue weighted by atomic mass is 10.1. The summed E-state index contributed by atoms with van der Waals surface area (Å²) in [6.45, 7) is 8.49. The van der Waals surface area contributed by atoms with Gasteiger partial charge < -0.3 is 5.43 Å². The number of nitrogens with one attached hydrogen (secondary N) is 1. The molecule has 0 unspecified atom stereocenters. The third-order valence-electron chi connectivity index (χ3n) is 2.40. The van der Waals surface area contributed by atoms with E-state index in [9.17, 15) is 0 Å². The molecule has 0 saturated heterocycles. The van der Waals surface area contributed by atoms with E-state index >= 15 is 0 Å². The van der Waals surface area contributed by atoms with Gasteiger partial charge in [-0.15, -0.1) is 0 Å². The standard InChI is InChI=1S/C10H21N3/c1-5-7-6-8(7)9(13-11)12-10(2,3)4/h7-8H,5-6,11H2,1-4H3,(H,12,13)/t7-,8-/m1/s1. The molecule has 3 N–H and O–H groups in total. The first-order valence-electron chi connectivity index (χ1n) is 5.04. The summed E-state index contributed by atoms with van der Waals surface area (Å²) in [7, 11) is 0. The number of aliphatic imine (C=N–C) groups is 1. The molecule has 0 spiro atoms. The van der Waals surface area contributed by atoms with Crippen LogP contribution >= 0.6 is 0 Å². The van der Waals surface area contributed by atoms with E-state index in [0.29, 0.717) is 5.92 Å². The van der Waals surface area contributed by atoms with E-state index in [1.807, 2.05) is 0 Å². The number of amidine groups is 1. The monoisotopic (exact) mass is 183 g/mol. The number of nitrogens with two attached hydrogens (primary N) is 1. The second-order valence-corrected chi connectivity index (χ2v) is 4.82. The Morgan fingerprint density at radius 1 is 1.54 bits per heavy atom. The van der Waals surface area contributed by atoms with Crippen molar-refractivity contribution in [3.63, 3.8) is 0 Å². The molecule has 76 valence electrons. The average Bonchev–Trinajstić information content (AvgIpc) is 2.77. The molecule has 0 amide bonds. The van der Waals surface area contributed by atoms with E-state index in [2.05, 4.69) is 38.1 Å². The highest BCUT2D eigenvalue weighted by Gasteiger charge is 2.39. The van der Waals surface area contributed by atoms with Crippen LogP contribution in [0.5, 0.6) is 0 Å². The molecule has 13 heavy (non-hydrogen) atoms. The highest BCUT2D eigenvalue weighted by molar-refractivity contribution is 5.86. The van der Waals surface area contributed by atoms with E-state index in [-0.39, 0.29) is 5.54 Å². The molecule has 0 heterocycles. The molecule has 1 saturated carbocycles. The highest BCUT2D eigenvalue weighted by atomic mass is 15.3. The summed E-state index contributed by atoms with van der Waals surface area (Å²) in [6, 6.07) is 0. The van der Waals surface area contributed by atoms with Crippen LogP contribution in [-0.2, 0) is 0 Å². The van der Waals surface area contributed by atoms with E-state index in [4.69, 9.17) is 5.84 Å². The van der Waals surface area contributed by atoms with Crippen molar-refractivity contribution in [1.82, 2.24) is 5.43 Å². The molecule has 1 aliphatic rings. The van der Waals surface area contributed by atoms with Crippen LogP contribution in [0.4, 0.5) is 0 Å². The van der Waals surface area contributed by atoms with Gasteiger partial charge in [-0.1, -0.05) is 13.3 Å². The van der Waals surface area contributed by atoms with Gasteiger partial charge in [-0.2, -0.15) is 0 Å². The van der Waals surface area contributed by atoms with Crippen molar-refractivity contribution in [2.45, 2.75) is 46.1 Å². The zero-order valence-electron chi connectivity index (χ0n) is 9.09.